The Kier molecular flexibility index (Phi) is 3.24. The van der Waals surface area contributed by atoms with Gasteiger partial charge >= 0.3 is 0 Å². The summed E-state index contributed by atoms with van der Waals surface area (Å²) in [5.74, 6) is 0.0729. The van der Waals surface area contributed by atoms with E-state index in [1.165, 1.54) is 6.42 Å². The summed E-state index contributed by atoms with van der Waals surface area (Å²) in [7, 11) is 0. The van der Waals surface area contributed by atoms with E-state index < -0.39 is 12.5 Å². The van der Waals surface area contributed by atoms with Gasteiger partial charge in [-0.05, 0) is 18.8 Å². The van der Waals surface area contributed by atoms with Gasteiger partial charge in [-0.2, -0.15) is 0 Å². The molecule has 0 radical (unpaired) electrons. The van der Waals surface area contributed by atoms with E-state index in [1.807, 2.05) is 0 Å². The summed E-state index contributed by atoms with van der Waals surface area (Å²) in [5, 5.41) is 0. The van der Waals surface area contributed by atoms with Crippen molar-refractivity contribution in [1.29, 1.82) is 0 Å². The fourth-order valence-electron chi connectivity index (χ4n) is 1.72. The molecule has 0 aromatic heterocycles. The quantitative estimate of drug-likeness (QED) is 0.663. The zero-order valence-corrected chi connectivity index (χ0v) is 6.60. The molecule has 1 atom stereocenters. The molecular weight excluding hydrogens is 148 g/mol. The molecular formula is C8H15F2N. The standard InChI is InChI=1S/C8H15F2N/c9-8(10)7(11)6-4-2-1-3-5-6/h6-8H,1-5,11H2/t7-/m0/s1. The minimum atomic E-state index is -2.34. The largest absolute Gasteiger partial charge is 0.323 e. The Bertz CT molecular complexity index is 111. The lowest BCUT2D eigenvalue weighted by Crippen LogP contribution is -2.37. The molecule has 1 aliphatic rings. The normalized spacial score (nSPS) is 24.0. The Morgan fingerprint density at radius 3 is 2.09 bits per heavy atom. The van der Waals surface area contributed by atoms with E-state index in [0.717, 1.165) is 25.7 Å². The Morgan fingerprint density at radius 1 is 1.09 bits per heavy atom. The highest BCUT2D eigenvalue weighted by Gasteiger charge is 2.26. The second-order valence-corrected chi connectivity index (χ2v) is 3.31. The zero-order chi connectivity index (χ0) is 8.27. The summed E-state index contributed by atoms with van der Waals surface area (Å²) >= 11 is 0. The minimum Gasteiger partial charge on any atom is -0.323 e. The van der Waals surface area contributed by atoms with Crippen molar-refractivity contribution in [2.45, 2.75) is 44.6 Å². The summed E-state index contributed by atoms with van der Waals surface area (Å²) in [4.78, 5) is 0. The molecule has 1 aliphatic carbocycles. The molecule has 1 rings (SSSR count). The zero-order valence-electron chi connectivity index (χ0n) is 6.60. The van der Waals surface area contributed by atoms with E-state index in [2.05, 4.69) is 0 Å². The van der Waals surface area contributed by atoms with Gasteiger partial charge in [0.2, 0.25) is 0 Å². The number of hydrogen-bond donors (Lipinski definition) is 1. The van der Waals surface area contributed by atoms with E-state index in [1.54, 1.807) is 0 Å². The maximum Gasteiger partial charge on any atom is 0.253 e. The molecule has 11 heavy (non-hydrogen) atoms. The number of hydrogen-bond acceptors (Lipinski definition) is 1. The van der Waals surface area contributed by atoms with Crippen LogP contribution in [0.5, 0.6) is 0 Å². The molecule has 0 saturated heterocycles. The van der Waals surface area contributed by atoms with E-state index in [9.17, 15) is 8.78 Å². The molecule has 2 N–H and O–H groups in total. The van der Waals surface area contributed by atoms with E-state index >= 15 is 0 Å². The Labute approximate surface area is 66.0 Å². The Balaban J connectivity index is 2.32. The highest BCUT2D eigenvalue weighted by molar-refractivity contribution is 4.77. The van der Waals surface area contributed by atoms with Gasteiger partial charge in [0.05, 0.1) is 6.04 Å². The van der Waals surface area contributed by atoms with Crippen molar-refractivity contribution in [3.63, 3.8) is 0 Å². The van der Waals surface area contributed by atoms with Crippen LogP contribution in [0.2, 0.25) is 0 Å². The number of halogens is 2. The first-order valence-electron chi connectivity index (χ1n) is 4.25. The number of rotatable bonds is 2. The number of alkyl halides is 2. The highest BCUT2D eigenvalue weighted by Crippen LogP contribution is 2.27. The first kappa shape index (κ1) is 8.91. The molecule has 0 aromatic rings. The van der Waals surface area contributed by atoms with E-state index in [0.29, 0.717) is 0 Å². The summed E-state index contributed by atoms with van der Waals surface area (Å²) in [5.41, 5.74) is 5.34. The third-order valence-corrected chi connectivity index (χ3v) is 2.49. The van der Waals surface area contributed by atoms with Gasteiger partial charge in [0.1, 0.15) is 0 Å². The minimum absolute atomic E-state index is 0.0729. The number of nitrogens with two attached hydrogens (primary N) is 1. The van der Waals surface area contributed by atoms with Crippen LogP contribution in [0, 0.1) is 5.92 Å². The van der Waals surface area contributed by atoms with Crippen LogP contribution in [0.3, 0.4) is 0 Å². The lowest BCUT2D eigenvalue weighted by atomic mass is 9.84. The topological polar surface area (TPSA) is 26.0 Å². The van der Waals surface area contributed by atoms with Gasteiger partial charge in [0.25, 0.3) is 6.43 Å². The molecule has 0 amide bonds. The van der Waals surface area contributed by atoms with E-state index in [4.69, 9.17) is 5.73 Å². The van der Waals surface area contributed by atoms with Crippen molar-refractivity contribution in [3.8, 4) is 0 Å². The molecule has 1 nitrogen and oxygen atoms in total. The average Bonchev–Trinajstić information content (AvgIpc) is 2.05. The molecule has 0 heterocycles. The molecule has 3 heteroatoms. The fourth-order valence-corrected chi connectivity index (χ4v) is 1.72. The van der Waals surface area contributed by atoms with Crippen LogP contribution in [-0.4, -0.2) is 12.5 Å². The molecule has 1 fully saturated rings. The molecule has 0 aliphatic heterocycles. The van der Waals surface area contributed by atoms with Gasteiger partial charge in [0, 0.05) is 0 Å². The molecule has 66 valence electrons. The first-order valence-corrected chi connectivity index (χ1v) is 4.25. The summed E-state index contributed by atoms with van der Waals surface area (Å²) < 4.78 is 24.2. The van der Waals surface area contributed by atoms with Crippen LogP contribution in [0.25, 0.3) is 0 Å². The maximum atomic E-state index is 12.1. The van der Waals surface area contributed by atoms with Crippen molar-refractivity contribution in [3.05, 3.63) is 0 Å². The van der Waals surface area contributed by atoms with Gasteiger partial charge in [-0.1, -0.05) is 19.3 Å². The smallest absolute Gasteiger partial charge is 0.253 e. The van der Waals surface area contributed by atoms with Crippen LogP contribution in [0.1, 0.15) is 32.1 Å². The predicted molar refractivity (Wildman–Crippen MR) is 40.6 cm³/mol. The van der Waals surface area contributed by atoms with Crippen molar-refractivity contribution >= 4 is 0 Å². The highest BCUT2D eigenvalue weighted by atomic mass is 19.3. The summed E-state index contributed by atoms with van der Waals surface area (Å²) in [6.45, 7) is 0. The third-order valence-electron chi connectivity index (χ3n) is 2.49. The molecule has 1 saturated carbocycles. The van der Waals surface area contributed by atoms with Gasteiger partial charge in [-0.3, -0.25) is 0 Å². The molecule has 0 bridgehead atoms. The lowest BCUT2D eigenvalue weighted by Gasteiger charge is -2.26. The van der Waals surface area contributed by atoms with Crippen LogP contribution in [0.15, 0.2) is 0 Å². The summed E-state index contributed by atoms with van der Waals surface area (Å²) in [6.07, 6.45) is 2.79. The molecule has 0 unspecified atom stereocenters. The van der Waals surface area contributed by atoms with Crippen molar-refractivity contribution < 1.29 is 8.78 Å². The van der Waals surface area contributed by atoms with Crippen molar-refractivity contribution in [2.24, 2.45) is 11.7 Å². The Morgan fingerprint density at radius 2 is 1.64 bits per heavy atom. The maximum absolute atomic E-state index is 12.1. The second-order valence-electron chi connectivity index (χ2n) is 3.31. The van der Waals surface area contributed by atoms with Gasteiger partial charge < -0.3 is 5.73 Å². The van der Waals surface area contributed by atoms with Gasteiger partial charge in [0.15, 0.2) is 0 Å². The summed E-state index contributed by atoms with van der Waals surface area (Å²) in [6, 6.07) is -0.879. The van der Waals surface area contributed by atoms with E-state index in [-0.39, 0.29) is 5.92 Å². The average molecular weight is 163 g/mol. The third kappa shape index (κ3) is 2.40. The van der Waals surface area contributed by atoms with Crippen LogP contribution < -0.4 is 5.73 Å². The first-order chi connectivity index (χ1) is 5.22. The van der Waals surface area contributed by atoms with Crippen LogP contribution in [-0.2, 0) is 0 Å². The second kappa shape index (κ2) is 4.00. The predicted octanol–water partition coefficient (Wildman–Crippen LogP) is 2.16. The fraction of sp³-hybridized carbons (Fsp3) is 1.00. The molecule has 0 aromatic carbocycles. The monoisotopic (exact) mass is 163 g/mol. The van der Waals surface area contributed by atoms with Gasteiger partial charge in [-0.25, -0.2) is 8.78 Å². The SMILES string of the molecule is N[C@H](C(F)F)C1CCCCC1. The van der Waals surface area contributed by atoms with Crippen molar-refractivity contribution in [2.75, 3.05) is 0 Å². The van der Waals surface area contributed by atoms with Crippen molar-refractivity contribution in [1.82, 2.24) is 0 Å². The Hall–Kier alpha value is -0.180. The van der Waals surface area contributed by atoms with Crippen LogP contribution in [0.4, 0.5) is 8.78 Å². The van der Waals surface area contributed by atoms with Crippen LogP contribution >= 0.6 is 0 Å². The van der Waals surface area contributed by atoms with Gasteiger partial charge in [-0.15, -0.1) is 0 Å². The lowest BCUT2D eigenvalue weighted by molar-refractivity contribution is 0.0774. The molecule has 0 spiro atoms.